The number of hydrogen-bond acceptors (Lipinski definition) is 4. The van der Waals surface area contributed by atoms with E-state index in [9.17, 15) is 0 Å². The molecule has 0 spiro atoms. The van der Waals surface area contributed by atoms with Crippen molar-refractivity contribution in [2.24, 2.45) is 0 Å². The Balaban J connectivity index is 1.80. The molecule has 0 fully saturated rings. The number of ether oxygens (including phenoxy) is 1. The van der Waals surface area contributed by atoms with Crippen LogP contribution in [0.15, 0.2) is 60.9 Å². The molecule has 0 saturated carbocycles. The van der Waals surface area contributed by atoms with E-state index in [1.165, 1.54) is 11.1 Å². The fourth-order valence-corrected chi connectivity index (χ4v) is 3.01. The van der Waals surface area contributed by atoms with Crippen LogP contribution in [0.25, 0.3) is 5.70 Å². The van der Waals surface area contributed by atoms with Crippen LogP contribution >= 0.6 is 0 Å². The van der Waals surface area contributed by atoms with Crippen LogP contribution in [-0.4, -0.2) is 21.9 Å². The molecule has 1 aromatic heterocycles. The highest BCUT2D eigenvalue weighted by Gasteiger charge is 2.24. The van der Waals surface area contributed by atoms with E-state index in [-0.39, 0.29) is 6.04 Å². The quantitative estimate of drug-likeness (QED) is 0.801. The molecule has 0 bridgehead atoms. The Bertz CT molecular complexity index is 896. The number of nitrogens with zero attached hydrogens (tertiary/aromatic N) is 3. The number of aryl methyl sites for hydroxylation is 1. The fraction of sp³-hybridized carbons (Fsp3) is 0.158. The van der Waals surface area contributed by atoms with Crippen LogP contribution in [0.3, 0.4) is 0 Å². The SMILES string of the molecule is COc1ccc(C2=CC(c3ccccc3C)n3ncnc3N2)cc1. The number of fused-ring (bicyclic) bond motifs is 1. The minimum atomic E-state index is 0.0158. The topological polar surface area (TPSA) is 52.0 Å². The van der Waals surface area contributed by atoms with Crippen molar-refractivity contribution in [2.45, 2.75) is 13.0 Å². The van der Waals surface area contributed by atoms with E-state index in [0.29, 0.717) is 0 Å². The first-order valence-electron chi connectivity index (χ1n) is 7.84. The molecule has 1 atom stereocenters. The number of methoxy groups -OCH3 is 1. The van der Waals surface area contributed by atoms with Gasteiger partial charge in [0.05, 0.1) is 7.11 Å². The highest BCUT2D eigenvalue weighted by molar-refractivity contribution is 5.77. The van der Waals surface area contributed by atoms with Gasteiger partial charge in [0.1, 0.15) is 18.1 Å². The molecule has 5 heteroatoms. The van der Waals surface area contributed by atoms with Crippen molar-refractivity contribution in [1.29, 1.82) is 0 Å². The molecule has 120 valence electrons. The molecular weight excluding hydrogens is 300 g/mol. The molecule has 0 aliphatic carbocycles. The smallest absolute Gasteiger partial charge is 0.226 e. The Morgan fingerprint density at radius 3 is 2.62 bits per heavy atom. The predicted molar refractivity (Wildman–Crippen MR) is 93.9 cm³/mol. The van der Waals surface area contributed by atoms with Crippen LogP contribution in [0.5, 0.6) is 5.75 Å². The van der Waals surface area contributed by atoms with Crippen molar-refractivity contribution >= 4 is 11.6 Å². The number of aromatic nitrogens is 3. The number of hydrogen-bond donors (Lipinski definition) is 1. The summed E-state index contributed by atoms with van der Waals surface area (Å²) in [4.78, 5) is 4.35. The van der Waals surface area contributed by atoms with E-state index in [2.05, 4.69) is 52.7 Å². The van der Waals surface area contributed by atoms with Gasteiger partial charge in [-0.25, -0.2) is 4.68 Å². The van der Waals surface area contributed by atoms with Gasteiger partial charge in [0.15, 0.2) is 0 Å². The third kappa shape index (κ3) is 2.44. The zero-order valence-electron chi connectivity index (χ0n) is 13.6. The molecule has 0 amide bonds. The lowest BCUT2D eigenvalue weighted by Crippen LogP contribution is -2.20. The van der Waals surface area contributed by atoms with E-state index >= 15 is 0 Å². The lowest BCUT2D eigenvalue weighted by Gasteiger charge is -2.25. The molecule has 1 aliphatic rings. The van der Waals surface area contributed by atoms with Gasteiger partial charge in [-0.05, 0) is 54.0 Å². The summed E-state index contributed by atoms with van der Waals surface area (Å²) in [5, 5.41) is 7.75. The number of nitrogens with one attached hydrogen (secondary N) is 1. The highest BCUT2D eigenvalue weighted by Crippen LogP contribution is 2.33. The van der Waals surface area contributed by atoms with E-state index in [1.54, 1.807) is 13.4 Å². The van der Waals surface area contributed by atoms with Gasteiger partial charge >= 0.3 is 0 Å². The summed E-state index contributed by atoms with van der Waals surface area (Å²) in [6, 6.07) is 16.4. The maximum absolute atomic E-state index is 5.24. The Labute approximate surface area is 140 Å². The standard InChI is InChI=1S/C19H18N4O/c1-13-5-3-4-6-16(13)18-11-17(22-19-20-12-21-23(18)19)14-7-9-15(24-2)10-8-14/h3-12,18H,1-2H3,(H,20,21,22). The number of rotatable bonds is 3. The minimum absolute atomic E-state index is 0.0158. The Hall–Kier alpha value is -3.08. The van der Waals surface area contributed by atoms with Gasteiger partial charge in [-0.15, -0.1) is 0 Å². The van der Waals surface area contributed by atoms with Gasteiger partial charge in [0.2, 0.25) is 5.95 Å². The minimum Gasteiger partial charge on any atom is -0.497 e. The summed E-state index contributed by atoms with van der Waals surface area (Å²) < 4.78 is 7.15. The van der Waals surface area contributed by atoms with Gasteiger partial charge in [-0.2, -0.15) is 10.1 Å². The first kappa shape index (κ1) is 14.5. The van der Waals surface area contributed by atoms with Gasteiger partial charge < -0.3 is 10.1 Å². The molecule has 2 aromatic carbocycles. The second-order valence-corrected chi connectivity index (χ2v) is 5.76. The molecule has 1 unspecified atom stereocenters. The molecule has 1 aliphatic heterocycles. The molecule has 2 heterocycles. The van der Waals surface area contributed by atoms with Crippen molar-refractivity contribution in [1.82, 2.24) is 14.8 Å². The molecule has 0 radical (unpaired) electrons. The Morgan fingerprint density at radius 1 is 1.08 bits per heavy atom. The van der Waals surface area contributed by atoms with Gasteiger partial charge in [-0.1, -0.05) is 24.3 Å². The lowest BCUT2D eigenvalue weighted by molar-refractivity contribution is 0.415. The predicted octanol–water partition coefficient (Wildman–Crippen LogP) is 3.65. The largest absolute Gasteiger partial charge is 0.497 e. The maximum Gasteiger partial charge on any atom is 0.226 e. The zero-order chi connectivity index (χ0) is 16.5. The number of allylic oxidation sites excluding steroid dienone is 1. The van der Waals surface area contributed by atoms with Gasteiger partial charge in [0.25, 0.3) is 0 Å². The molecule has 3 aromatic rings. The van der Waals surface area contributed by atoms with Crippen molar-refractivity contribution in [3.63, 3.8) is 0 Å². The molecule has 1 N–H and O–H groups in total. The Kier molecular flexibility index (Phi) is 3.54. The third-order valence-corrected chi connectivity index (χ3v) is 4.32. The van der Waals surface area contributed by atoms with Crippen molar-refractivity contribution in [3.8, 4) is 5.75 Å². The molecule has 24 heavy (non-hydrogen) atoms. The average Bonchev–Trinajstić information content (AvgIpc) is 3.10. The van der Waals surface area contributed by atoms with E-state index in [0.717, 1.165) is 23.0 Å². The van der Waals surface area contributed by atoms with Crippen LogP contribution in [0, 0.1) is 6.92 Å². The summed E-state index contributed by atoms with van der Waals surface area (Å²) in [5.74, 6) is 1.59. The van der Waals surface area contributed by atoms with Crippen LogP contribution in [0.1, 0.15) is 22.7 Å². The molecule has 0 saturated heterocycles. The molecular formula is C19H18N4O. The summed E-state index contributed by atoms with van der Waals surface area (Å²) in [7, 11) is 1.67. The monoisotopic (exact) mass is 318 g/mol. The van der Waals surface area contributed by atoms with Crippen LogP contribution < -0.4 is 10.1 Å². The summed E-state index contributed by atoms with van der Waals surface area (Å²) in [5.41, 5.74) is 4.56. The van der Waals surface area contributed by atoms with Crippen LogP contribution in [0.2, 0.25) is 0 Å². The second-order valence-electron chi connectivity index (χ2n) is 5.76. The first-order valence-corrected chi connectivity index (χ1v) is 7.84. The van der Waals surface area contributed by atoms with Crippen molar-refractivity contribution in [3.05, 3.63) is 77.6 Å². The fourth-order valence-electron chi connectivity index (χ4n) is 3.01. The van der Waals surface area contributed by atoms with Crippen molar-refractivity contribution < 1.29 is 4.74 Å². The maximum atomic E-state index is 5.24. The van der Waals surface area contributed by atoms with E-state index in [4.69, 9.17) is 4.74 Å². The van der Waals surface area contributed by atoms with E-state index in [1.807, 2.05) is 28.9 Å². The zero-order valence-corrected chi connectivity index (χ0v) is 13.6. The van der Waals surface area contributed by atoms with Crippen LogP contribution in [0.4, 0.5) is 5.95 Å². The average molecular weight is 318 g/mol. The molecule has 5 nitrogen and oxygen atoms in total. The van der Waals surface area contributed by atoms with E-state index < -0.39 is 0 Å². The Morgan fingerprint density at radius 2 is 1.88 bits per heavy atom. The summed E-state index contributed by atoms with van der Waals surface area (Å²) in [6.45, 7) is 2.12. The van der Waals surface area contributed by atoms with Crippen LogP contribution in [-0.2, 0) is 0 Å². The second kappa shape index (κ2) is 5.85. The van der Waals surface area contributed by atoms with Crippen molar-refractivity contribution in [2.75, 3.05) is 12.4 Å². The summed E-state index contributed by atoms with van der Waals surface area (Å²) >= 11 is 0. The molecule has 4 rings (SSSR count). The highest BCUT2D eigenvalue weighted by atomic mass is 16.5. The number of anilines is 1. The number of benzene rings is 2. The normalized spacial score (nSPS) is 16.1. The van der Waals surface area contributed by atoms with Gasteiger partial charge in [0, 0.05) is 5.70 Å². The van der Waals surface area contributed by atoms with Gasteiger partial charge in [-0.3, -0.25) is 0 Å². The lowest BCUT2D eigenvalue weighted by atomic mass is 9.98. The summed E-state index contributed by atoms with van der Waals surface area (Å²) in [6.07, 6.45) is 3.77. The third-order valence-electron chi connectivity index (χ3n) is 4.32. The first-order chi connectivity index (χ1) is 11.8.